The van der Waals surface area contributed by atoms with Gasteiger partial charge >= 0.3 is 0 Å². The molecule has 66 valence electrons. The quantitative estimate of drug-likeness (QED) is 0.724. The zero-order valence-corrected chi connectivity index (χ0v) is 8.08. The second kappa shape index (κ2) is 3.76. The van der Waals surface area contributed by atoms with Crippen molar-refractivity contribution in [2.24, 2.45) is 0 Å². The molecule has 0 aromatic carbocycles. The van der Waals surface area contributed by atoms with Crippen molar-refractivity contribution in [1.29, 1.82) is 0 Å². The zero-order valence-electron chi connectivity index (χ0n) is 7.19. The van der Waals surface area contributed by atoms with Crippen LogP contribution in [0.1, 0.15) is 13.8 Å². The Morgan fingerprint density at radius 3 is 2.50 bits per heavy atom. The molecule has 0 unspecified atom stereocenters. The first kappa shape index (κ1) is 9.32. The minimum Gasteiger partial charge on any atom is -0.484 e. The van der Waals surface area contributed by atoms with Crippen molar-refractivity contribution in [2.45, 2.75) is 19.4 Å². The number of thiol groups is 1. The SMILES string of the molecule is CC(C)(CS)Oc1cncnc1. The monoisotopic (exact) mass is 184 g/mol. The number of rotatable bonds is 3. The summed E-state index contributed by atoms with van der Waals surface area (Å²) in [7, 11) is 0. The van der Waals surface area contributed by atoms with Gasteiger partial charge in [0.15, 0.2) is 5.75 Å². The van der Waals surface area contributed by atoms with E-state index in [9.17, 15) is 0 Å². The van der Waals surface area contributed by atoms with E-state index in [4.69, 9.17) is 4.74 Å². The van der Waals surface area contributed by atoms with Crippen molar-refractivity contribution in [3.05, 3.63) is 18.7 Å². The molecule has 0 saturated carbocycles. The van der Waals surface area contributed by atoms with Crippen LogP contribution in [0.15, 0.2) is 18.7 Å². The van der Waals surface area contributed by atoms with Gasteiger partial charge in [0.1, 0.15) is 11.9 Å². The summed E-state index contributed by atoms with van der Waals surface area (Å²) >= 11 is 4.17. The van der Waals surface area contributed by atoms with E-state index in [-0.39, 0.29) is 5.60 Å². The topological polar surface area (TPSA) is 35.0 Å². The molecule has 0 radical (unpaired) electrons. The Labute approximate surface area is 77.6 Å². The van der Waals surface area contributed by atoms with Gasteiger partial charge in [0.2, 0.25) is 0 Å². The second-order valence-corrected chi connectivity index (χ2v) is 3.41. The van der Waals surface area contributed by atoms with Gasteiger partial charge in [-0.3, -0.25) is 0 Å². The van der Waals surface area contributed by atoms with Crippen LogP contribution in [0.4, 0.5) is 0 Å². The van der Waals surface area contributed by atoms with Gasteiger partial charge in [-0.15, -0.1) is 0 Å². The van der Waals surface area contributed by atoms with Crippen molar-refractivity contribution >= 4 is 12.6 Å². The summed E-state index contributed by atoms with van der Waals surface area (Å²) in [5.74, 6) is 1.33. The van der Waals surface area contributed by atoms with Crippen LogP contribution in [0.5, 0.6) is 5.75 Å². The highest BCUT2D eigenvalue weighted by Gasteiger charge is 2.17. The Morgan fingerprint density at radius 1 is 1.42 bits per heavy atom. The fraction of sp³-hybridized carbons (Fsp3) is 0.500. The van der Waals surface area contributed by atoms with Gasteiger partial charge in [-0.25, -0.2) is 9.97 Å². The summed E-state index contributed by atoms with van der Waals surface area (Å²) in [4.78, 5) is 7.68. The molecule has 0 aliphatic heterocycles. The normalized spacial score (nSPS) is 11.2. The third-order valence-electron chi connectivity index (χ3n) is 1.31. The molecule has 3 nitrogen and oxygen atoms in total. The first-order chi connectivity index (χ1) is 5.64. The van der Waals surface area contributed by atoms with Crippen LogP contribution >= 0.6 is 12.6 Å². The van der Waals surface area contributed by atoms with Gasteiger partial charge in [-0.1, -0.05) is 0 Å². The fourth-order valence-corrected chi connectivity index (χ4v) is 0.754. The maximum atomic E-state index is 5.55. The minimum atomic E-state index is -0.270. The first-order valence-corrected chi connectivity index (χ1v) is 4.32. The maximum Gasteiger partial charge on any atom is 0.156 e. The summed E-state index contributed by atoms with van der Waals surface area (Å²) < 4.78 is 5.55. The average molecular weight is 184 g/mol. The lowest BCUT2D eigenvalue weighted by atomic mass is 10.2. The van der Waals surface area contributed by atoms with Gasteiger partial charge in [0.05, 0.1) is 12.4 Å². The highest BCUT2D eigenvalue weighted by atomic mass is 32.1. The Balaban J connectivity index is 2.64. The Bertz CT molecular complexity index is 238. The summed E-state index contributed by atoms with van der Waals surface area (Å²) in [5.41, 5.74) is -0.270. The van der Waals surface area contributed by atoms with E-state index in [1.807, 2.05) is 13.8 Å². The molecule has 1 aromatic heterocycles. The maximum absolute atomic E-state index is 5.55. The summed E-state index contributed by atoms with van der Waals surface area (Å²) in [6.07, 6.45) is 4.75. The molecular formula is C8H12N2OS. The molecular weight excluding hydrogens is 172 g/mol. The van der Waals surface area contributed by atoms with Crippen LogP contribution in [-0.2, 0) is 0 Å². The molecule has 0 N–H and O–H groups in total. The molecule has 0 bridgehead atoms. The van der Waals surface area contributed by atoms with E-state index in [2.05, 4.69) is 22.6 Å². The van der Waals surface area contributed by atoms with E-state index in [0.717, 1.165) is 0 Å². The predicted molar refractivity (Wildman–Crippen MR) is 50.6 cm³/mol. The minimum absolute atomic E-state index is 0.270. The van der Waals surface area contributed by atoms with Crippen molar-refractivity contribution in [1.82, 2.24) is 9.97 Å². The van der Waals surface area contributed by atoms with Crippen LogP contribution in [-0.4, -0.2) is 21.3 Å². The molecule has 0 spiro atoms. The van der Waals surface area contributed by atoms with Crippen LogP contribution in [0.3, 0.4) is 0 Å². The van der Waals surface area contributed by atoms with Gasteiger partial charge in [-0.2, -0.15) is 12.6 Å². The second-order valence-electron chi connectivity index (χ2n) is 3.09. The van der Waals surface area contributed by atoms with Crippen molar-refractivity contribution in [3.63, 3.8) is 0 Å². The van der Waals surface area contributed by atoms with Crippen molar-refractivity contribution in [2.75, 3.05) is 5.75 Å². The Kier molecular flexibility index (Phi) is 2.92. The molecule has 0 saturated heterocycles. The molecule has 1 aromatic rings. The highest BCUT2D eigenvalue weighted by Crippen LogP contribution is 2.16. The van der Waals surface area contributed by atoms with E-state index in [0.29, 0.717) is 11.5 Å². The fourth-order valence-electron chi connectivity index (χ4n) is 0.689. The van der Waals surface area contributed by atoms with Gasteiger partial charge in [0.25, 0.3) is 0 Å². The molecule has 0 aliphatic carbocycles. The molecule has 0 amide bonds. The van der Waals surface area contributed by atoms with Crippen LogP contribution in [0.25, 0.3) is 0 Å². The number of hydrogen-bond donors (Lipinski definition) is 1. The van der Waals surface area contributed by atoms with Crippen LogP contribution in [0, 0.1) is 0 Å². The summed E-state index contributed by atoms with van der Waals surface area (Å²) in [5, 5.41) is 0. The van der Waals surface area contributed by atoms with Gasteiger partial charge in [-0.05, 0) is 13.8 Å². The van der Waals surface area contributed by atoms with Gasteiger partial charge in [0, 0.05) is 5.75 Å². The Hall–Kier alpha value is -0.770. The third kappa shape index (κ3) is 2.70. The lowest BCUT2D eigenvalue weighted by Crippen LogP contribution is -2.30. The van der Waals surface area contributed by atoms with E-state index in [1.165, 1.54) is 6.33 Å². The molecule has 12 heavy (non-hydrogen) atoms. The third-order valence-corrected chi connectivity index (χ3v) is 2.07. The van der Waals surface area contributed by atoms with Crippen LogP contribution in [0.2, 0.25) is 0 Å². The van der Waals surface area contributed by atoms with E-state index < -0.39 is 0 Å². The molecule has 0 fully saturated rings. The van der Waals surface area contributed by atoms with Crippen molar-refractivity contribution < 1.29 is 4.74 Å². The highest BCUT2D eigenvalue weighted by molar-refractivity contribution is 7.80. The standard InChI is InChI=1S/C8H12N2OS/c1-8(2,5-12)11-7-3-9-6-10-4-7/h3-4,6,12H,5H2,1-2H3. The summed E-state index contributed by atoms with van der Waals surface area (Å²) in [6, 6.07) is 0. The molecule has 0 aliphatic rings. The predicted octanol–water partition coefficient (Wildman–Crippen LogP) is 1.56. The number of aromatic nitrogens is 2. The number of nitrogens with zero attached hydrogens (tertiary/aromatic N) is 2. The smallest absolute Gasteiger partial charge is 0.156 e. The lowest BCUT2D eigenvalue weighted by Gasteiger charge is -2.23. The molecule has 0 atom stereocenters. The zero-order chi connectivity index (χ0) is 9.03. The van der Waals surface area contributed by atoms with Crippen molar-refractivity contribution in [3.8, 4) is 5.75 Å². The lowest BCUT2D eigenvalue weighted by molar-refractivity contribution is 0.135. The van der Waals surface area contributed by atoms with Gasteiger partial charge < -0.3 is 4.74 Å². The first-order valence-electron chi connectivity index (χ1n) is 3.69. The molecule has 4 heteroatoms. The molecule has 1 heterocycles. The number of ether oxygens (including phenoxy) is 1. The Morgan fingerprint density at radius 2 is 2.00 bits per heavy atom. The number of hydrogen-bond acceptors (Lipinski definition) is 4. The largest absolute Gasteiger partial charge is 0.484 e. The van der Waals surface area contributed by atoms with E-state index in [1.54, 1.807) is 12.4 Å². The van der Waals surface area contributed by atoms with E-state index >= 15 is 0 Å². The summed E-state index contributed by atoms with van der Waals surface area (Å²) in [6.45, 7) is 3.93. The van der Waals surface area contributed by atoms with Crippen LogP contribution < -0.4 is 4.74 Å². The molecule has 1 rings (SSSR count). The average Bonchev–Trinajstić information content (AvgIpc) is 2.06.